The van der Waals surface area contributed by atoms with Gasteiger partial charge in [-0.3, -0.25) is 9.89 Å². The molecule has 2 N–H and O–H groups in total. The van der Waals surface area contributed by atoms with E-state index in [1.807, 2.05) is 31.2 Å². The first-order valence-electron chi connectivity index (χ1n) is 7.35. The number of rotatable bonds is 4. The lowest BCUT2D eigenvalue weighted by molar-refractivity contribution is 0.102. The van der Waals surface area contributed by atoms with Crippen LogP contribution in [0.2, 0.25) is 5.02 Å². The number of hydrogen-bond acceptors (Lipinski definition) is 3. The number of nitrogens with zero attached hydrogens (tertiary/aromatic N) is 1. The quantitative estimate of drug-likeness (QED) is 0.743. The third-order valence-electron chi connectivity index (χ3n) is 3.64. The fourth-order valence-electron chi connectivity index (χ4n) is 2.36. The number of amides is 1. The van der Waals surface area contributed by atoms with Gasteiger partial charge in [-0.2, -0.15) is 5.10 Å². The first-order valence-corrected chi connectivity index (χ1v) is 7.72. The van der Waals surface area contributed by atoms with Crippen LogP contribution in [0.5, 0.6) is 5.75 Å². The molecule has 0 aliphatic heterocycles. The molecule has 0 bridgehead atoms. The summed E-state index contributed by atoms with van der Waals surface area (Å²) in [5.74, 6) is 0.521. The third-order valence-corrected chi connectivity index (χ3v) is 3.87. The lowest BCUT2D eigenvalue weighted by Gasteiger charge is -2.08. The fourth-order valence-corrected chi connectivity index (χ4v) is 2.55. The Bertz CT molecular complexity index is 872. The number of aryl methyl sites for hydroxylation is 1. The van der Waals surface area contributed by atoms with Crippen LogP contribution in [0.25, 0.3) is 11.3 Å². The molecule has 0 saturated carbocycles. The molecule has 24 heavy (non-hydrogen) atoms. The molecule has 1 heterocycles. The maximum Gasteiger partial charge on any atom is 0.255 e. The third kappa shape index (κ3) is 3.26. The lowest BCUT2D eigenvalue weighted by Crippen LogP contribution is -2.12. The Morgan fingerprint density at radius 1 is 1.21 bits per heavy atom. The summed E-state index contributed by atoms with van der Waals surface area (Å²) in [6.07, 6.45) is 0. The van der Waals surface area contributed by atoms with Gasteiger partial charge in [0.05, 0.1) is 18.5 Å². The molecule has 0 radical (unpaired) electrons. The summed E-state index contributed by atoms with van der Waals surface area (Å²) in [4.78, 5) is 12.5. The summed E-state index contributed by atoms with van der Waals surface area (Å²) >= 11 is 5.95. The van der Waals surface area contributed by atoms with E-state index in [2.05, 4.69) is 15.5 Å². The van der Waals surface area contributed by atoms with Crippen molar-refractivity contribution < 1.29 is 9.53 Å². The molecule has 6 heteroatoms. The van der Waals surface area contributed by atoms with E-state index in [0.717, 1.165) is 17.0 Å². The molecule has 2 aromatic carbocycles. The minimum absolute atomic E-state index is 0.239. The number of benzene rings is 2. The monoisotopic (exact) mass is 341 g/mol. The zero-order chi connectivity index (χ0) is 17.1. The van der Waals surface area contributed by atoms with E-state index in [1.54, 1.807) is 31.4 Å². The van der Waals surface area contributed by atoms with Crippen LogP contribution < -0.4 is 10.1 Å². The number of ether oxygens (including phenoxy) is 1. The van der Waals surface area contributed by atoms with Gasteiger partial charge in [0, 0.05) is 16.1 Å². The summed E-state index contributed by atoms with van der Waals surface area (Å²) in [5, 5.41) is 10.6. The molecule has 0 fully saturated rings. The Kier molecular flexibility index (Phi) is 4.53. The number of halogens is 1. The minimum atomic E-state index is -0.239. The average Bonchev–Trinajstić information content (AvgIpc) is 2.96. The normalized spacial score (nSPS) is 10.5. The minimum Gasteiger partial charge on any atom is -0.497 e. The van der Waals surface area contributed by atoms with Crippen molar-refractivity contribution in [3.05, 3.63) is 64.8 Å². The highest BCUT2D eigenvalue weighted by Gasteiger charge is 2.16. The molecule has 1 amide bonds. The largest absolute Gasteiger partial charge is 0.497 e. The SMILES string of the molecule is COc1ccc(-c2n[nH]c(C)c2NC(=O)c2cccc(Cl)c2)cc1. The van der Waals surface area contributed by atoms with Gasteiger partial charge in [-0.1, -0.05) is 17.7 Å². The van der Waals surface area contributed by atoms with Crippen molar-refractivity contribution >= 4 is 23.2 Å². The Morgan fingerprint density at radius 2 is 1.96 bits per heavy atom. The van der Waals surface area contributed by atoms with Gasteiger partial charge in [0.1, 0.15) is 11.4 Å². The first-order chi connectivity index (χ1) is 11.6. The maximum absolute atomic E-state index is 12.5. The van der Waals surface area contributed by atoms with E-state index in [9.17, 15) is 4.79 Å². The van der Waals surface area contributed by atoms with Crippen molar-refractivity contribution in [1.82, 2.24) is 10.2 Å². The van der Waals surface area contributed by atoms with Gasteiger partial charge in [0.2, 0.25) is 0 Å². The smallest absolute Gasteiger partial charge is 0.255 e. The van der Waals surface area contributed by atoms with Gasteiger partial charge in [-0.05, 0) is 49.4 Å². The van der Waals surface area contributed by atoms with Crippen molar-refractivity contribution in [2.75, 3.05) is 12.4 Å². The van der Waals surface area contributed by atoms with E-state index in [0.29, 0.717) is 22.0 Å². The van der Waals surface area contributed by atoms with E-state index < -0.39 is 0 Å². The Hall–Kier alpha value is -2.79. The van der Waals surface area contributed by atoms with Gasteiger partial charge in [-0.25, -0.2) is 0 Å². The topological polar surface area (TPSA) is 67.0 Å². The Morgan fingerprint density at radius 3 is 2.62 bits per heavy atom. The summed E-state index contributed by atoms with van der Waals surface area (Å²) in [6.45, 7) is 1.85. The van der Waals surface area contributed by atoms with E-state index >= 15 is 0 Å². The predicted octanol–water partition coefficient (Wildman–Crippen LogP) is 4.30. The molecule has 0 unspecified atom stereocenters. The number of aromatic nitrogens is 2. The zero-order valence-corrected chi connectivity index (χ0v) is 14.0. The molecule has 5 nitrogen and oxygen atoms in total. The average molecular weight is 342 g/mol. The van der Waals surface area contributed by atoms with Gasteiger partial charge in [0.15, 0.2) is 0 Å². The molecule has 0 aliphatic rings. The van der Waals surface area contributed by atoms with Crippen LogP contribution in [-0.4, -0.2) is 23.2 Å². The van der Waals surface area contributed by atoms with E-state index in [4.69, 9.17) is 16.3 Å². The van der Waals surface area contributed by atoms with Crippen LogP contribution in [0, 0.1) is 6.92 Å². The van der Waals surface area contributed by atoms with Crippen molar-refractivity contribution in [1.29, 1.82) is 0 Å². The highest BCUT2D eigenvalue weighted by atomic mass is 35.5. The van der Waals surface area contributed by atoms with Gasteiger partial charge in [0.25, 0.3) is 5.91 Å². The van der Waals surface area contributed by atoms with Gasteiger partial charge < -0.3 is 10.1 Å². The van der Waals surface area contributed by atoms with Crippen LogP contribution in [0.1, 0.15) is 16.1 Å². The summed E-state index contributed by atoms with van der Waals surface area (Å²) < 4.78 is 5.16. The molecular weight excluding hydrogens is 326 g/mol. The van der Waals surface area contributed by atoms with Crippen LogP contribution in [0.15, 0.2) is 48.5 Å². The number of carbonyl (C=O) groups is 1. The molecule has 1 aromatic heterocycles. The first kappa shape index (κ1) is 16.1. The Balaban J connectivity index is 1.91. The summed E-state index contributed by atoms with van der Waals surface area (Å²) in [5.41, 5.74) is 3.46. The number of carbonyl (C=O) groups excluding carboxylic acids is 1. The second kappa shape index (κ2) is 6.76. The number of methoxy groups -OCH3 is 1. The number of H-pyrrole nitrogens is 1. The molecular formula is C18H16ClN3O2. The van der Waals surface area contributed by atoms with Crippen molar-refractivity contribution in [3.8, 4) is 17.0 Å². The summed E-state index contributed by atoms with van der Waals surface area (Å²) in [7, 11) is 1.62. The molecule has 0 saturated heterocycles. The predicted molar refractivity (Wildman–Crippen MR) is 94.7 cm³/mol. The molecule has 3 aromatic rings. The van der Waals surface area contributed by atoms with Crippen molar-refractivity contribution in [2.24, 2.45) is 0 Å². The van der Waals surface area contributed by atoms with Crippen molar-refractivity contribution in [3.63, 3.8) is 0 Å². The van der Waals surface area contributed by atoms with E-state index in [1.165, 1.54) is 0 Å². The number of anilines is 1. The standard InChI is InChI=1S/C18H16ClN3O2/c1-11-16(20-18(23)13-4-3-5-14(19)10-13)17(22-21-11)12-6-8-15(24-2)9-7-12/h3-10H,1-2H3,(H,20,23)(H,21,22). The second-order valence-electron chi connectivity index (χ2n) is 5.27. The number of nitrogens with one attached hydrogen (secondary N) is 2. The highest BCUT2D eigenvalue weighted by molar-refractivity contribution is 6.31. The molecule has 0 atom stereocenters. The van der Waals surface area contributed by atoms with E-state index in [-0.39, 0.29) is 5.91 Å². The maximum atomic E-state index is 12.5. The fraction of sp³-hybridized carbons (Fsp3) is 0.111. The van der Waals surface area contributed by atoms with Crippen molar-refractivity contribution in [2.45, 2.75) is 6.92 Å². The number of aromatic amines is 1. The van der Waals surface area contributed by atoms with Crippen LogP contribution in [-0.2, 0) is 0 Å². The molecule has 122 valence electrons. The van der Waals surface area contributed by atoms with Gasteiger partial charge in [-0.15, -0.1) is 0 Å². The molecule has 3 rings (SSSR count). The van der Waals surface area contributed by atoms with Gasteiger partial charge >= 0.3 is 0 Å². The molecule has 0 spiro atoms. The highest BCUT2D eigenvalue weighted by Crippen LogP contribution is 2.30. The van der Waals surface area contributed by atoms with Crippen LogP contribution >= 0.6 is 11.6 Å². The molecule has 0 aliphatic carbocycles. The number of hydrogen-bond donors (Lipinski definition) is 2. The summed E-state index contributed by atoms with van der Waals surface area (Å²) in [6, 6.07) is 14.3. The zero-order valence-electron chi connectivity index (χ0n) is 13.3. The Labute approximate surface area is 144 Å². The lowest BCUT2D eigenvalue weighted by atomic mass is 10.1. The second-order valence-corrected chi connectivity index (χ2v) is 5.70. The van der Waals surface area contributed by atoms with Crippen LogP contribution in [0.4, 0.5) is 5.69 Å². The van der Waals surface area contributed by atoms with Crippen LogP contribution in [0.3, 0.4) is 0 Å².